The van der Waals surface area contributed by atoms with Crippen molar-refractivity contribution in [3.8, 4) is 6.07 Å². The second-order valence-electron chi connectivity index (χ2n) is 4.13. The molecular formula is C13H18N4O2. The van der Waals surface area contributed by atoms with E-state index in [4.69, 9.17) is 10.4 Å². The van der Waals surface area contributed by atoms with Crippen LogP contribution in [0.5, 0.6) is 0 Å². The summed E-state index contributed by atoms with van der Waals surface area (Å²) >= 11 is 0. The molecule has 6 nitrogen and oxygen atoms in total. The van der Waals surface area contributed by atoms with Crippen molar-refractivity contribution in [3.05, 3.63) is 29.8 Å². The maximum atomic E-state index is 11.5. The number of rotatable bonds is 6. The Balaban J connectivity index is 2.25. The summed E-state index contributed by atoms with van der Waals surface area (Å²) in [7, 11) is 0. The summed E-state index contributed by atoms with van der Waals surface area (Å²) in [4.78, 5) is 11.5. The van der Waals surface area contributed by atoms with Gasteiger partial charge in [-0.25, -0.2) is 4.79 Å². The van der Waals surface area contributed by atoms with Crippen molar-refractivity contribution in [1.82, 2.24) is 10.6 Å². The molecule has 1 rings (SSSR count). The minimum Gasteiger partial charge on any atom is -0.392 e. The van der Waals surface area contributed by atoms with Gasteiger partial charge in [0.2, 0.25) is 0 Å². The van der Waals surface area contributed by atoms with E-state index in [0.717, 1.165) is 0 Å². The van der Waals surface area contributed by atoms with Gasteiger partial charge in [-0.2, -0.15) is 5.26 Å². The van der Waals surface area contributed by atoms with Crippen LogP contribution >= 0.6 is 0 Å². The Bertz CT molecular complexity index is 454. The van der Waals surface area contributed by atoms with Crippen LogP contribution in [0.25, 0.3) is 0 Å². The molecule has 0 spiro atoms. The highest BCUT2D eigenvalue weighted by Gasteiger charge is 2.01. The number of aliphatic hydroxyl groups excluding tert-OH is 1. The van der Waals surface area contributed by atoms with E-state index in [1.165, 1.54) is 0 Å². The zero-order chi connectivity index (χ0) is 14.1. The fraction of sp³-hybridized carbons (Fsp3) is 0.385. The largest absolute Gasteiger partial charge is 0.392 e. The number of benzene rings is 1. The highest BCUT2D eigenvalue weighted by atomic mass is 16.3. The molecule has 4 N–H and O–H groups in total. The third-order valence-corrected chi connectivity index (χ3v) is 2.28. The number of nitriles is 1. The molecule has 1 unspecified atom stereocenters. The van der Waals surface area contributed by atoms with Crippen LogP contribution in [0.4, 0.5) is 10.5 Å². The van der Waals surface area contributed by atoms with Crippen molar-refractivity contribution in [2.75, 3.05) is 25.0 Å². The molecule has 0 fully saturated rings. The first-order valence-corrected chi connectivity index (χ1v) is 6.05. The Hall–Kier alpha value is -2.10. The van der Waals surface area contributed by atoms with E-state index in [2.05, 4.69) is 16.0 Å². The molecule has 1 aromatic carbocycles. The number of anilines is 1. The van der Waals surface area contributed by atoms with Gasteiger partial charge in [-0.15, -0.1) is 0 Å². The van der Waals surface area contributed by atoms with E-state index in [-0.39, 0.29) is 6.03 Å². The van der Waals surface area contributed by atoms with Gasteiger partial charge in [0, 0.05) is 25.3 Å². The highest BCUT2D eigenvalue weighted by Crippen LogP contribution is 2.09. The Labute approximate surface area is 112 Å². The van der Waals surface area contributed by atoms with Gasteiger partial charge in [0.15, 0.2) is 0 Å². The molecule has 0 aliphatic rings. The summed E-state index contributed by atoms with van der Waals surface area (Å²) in [6.07, 6.45) is -0.400. The maximum absolute atomic E-state index is 11.5. The lowest BCUT2D eigenvalue weighted by molar-refractivity contribution is 0.191. The van der Waals surface area contributed by atoms with Crippen LogP contribution in [0.2, 0.25) is 0 Å². The molecule has 0 saturated carbocycles. The zero-order valence-corrected chi connectivity index (χ0v) is 10.8. The zero-order valence-electron chi connectivity index (χ0n) is 10.8. The second-order valence-corrected chi connectivity index (χ2v) is 4.13. The molecule has 0 aliphatic carbocycles. The Kier molecular flexibility index (Phi) is 6.36. The van der Waals surface area contributed by atoms with Gasteiger partial charge in [-0.1, -0.05) is 6.07 Å². The molecule has 1 atom stereocenters. The fourth-order valence-corrected chi connectivity index (χ4v) is 1.42. The SMILES string of the molecule is CC(O)CNCCNC(=O)Nc1cccc(C#N)c1. The van der Waals surface area contributed by atoms with Crippen molar-refractivity contribution in [2.24, 2.45) is 0 Å². The predicted octanol–water partition coefficient (Wildman–Crippen LogP) is 0.650. The van der Waals surface area contributed by atoms with Gasteiger partial charge >= 0.3 is 6.03 Å². The molecule has 19 heavy (non-hydrogen) atoms. The van der Waals surface area contributed by atoms with Crippen LogP contribution in [-0.2, 0) is 0 Å². The quantitative estimate of drug-likeness (QED) is 0.566. The number of aliphatic hydroxyl groups is 1. The van der Waals surface area contributed by atoms with Gasteiger partial charge in [-0.3, -0.25) is 0 Å². The molecule has 0 bridgehead atoms. The second kappa shape index (κ2) is 8.08. The summed E-state index contributed by atoms with van der Waals surface area (Å²) in [5.41, 5.74) is 1.07. The van der Waals surface area contributed by atoms with E-state index < -0.39 is 6.10 Å². The maximum Gasteiger partial charge on any atom is 0.319 e. The number of carbonyl (C=O) groups is 1. The van der Waals surface area contributed by atoms with Gasteiger partial charge in [-0.05, 0) is 25.1 Å². The van der Waals surface area contributed by atoms with Crippen LogP contribution in [0.1, 0.15) is 12.5 Å². The Morgan fingerprint density at radius 1 is 1.47 bits per heavy atom. The molecule has 0 aliphatic heterocycles. The Morgan fingerprint density at radius 3 is 2.95 bits per heavy atom. The first kappa shape index (κ1) is 15.0. The number of hydrogen-bond acceptors (Lipinski definition) is 4. The first-order valence-electron chi connectivity index (χ1n) is 6.05. The number of carbonyl (C=O) groups excluding carboxylic acids is 1. The van der Waals surface area contributed by atoms with Gasteiger partial charge in [0.25, 0.3) is 0 Å². The average molecular weight is 262 g/mol. The summed E-state index contributed by atoms with van der Waals surface area (Å²) in [5.74, 6) is 0. The lowest BCUT2D eigenvalue weighted by Gasteiger charge is -2.09. The number of nitrogens with one attached hydrogen (secondary N) is 3. The summed E-state index contributed by atoms with van der Waals surface area (Å²) < 4.78 is 0. The van der Waals surface area contributed by atoms with Crippen LogP contribution in [-0.4, -0.2) is 36.9 Å². The fourth-order valence-electron chi connectivity index (χ4n) is 1.42. The van der Waals surface area contributed by atoms with E-state index in [0.29, 0.717) is 30.9 Å². The normalized spacial score (nSPS) is 11.4. The molecule has 0 heterocycles. The standard InChI is InChI=1S/C13H18N4O2/c1-10(18)9-15-5-6-16-13(19)17-12-4-2-3-11(7-12)8-14/h2-4,7,10,15,18H,5-6,9H2,1H3,(H2,16,17,19). The van der Waals surface area contributed by atoms with Crippen LogP contribution < -0.4 is 16.0 Å². The molecule has 0 aromatic heterocycles. The smallest absolute Gasteiger partial charge is 0.319 e. The van der Waals surface area contributed by atoms with Crippen LogP contribution in [0.3, 0.4) is 0 Å². The molecule has 6 heteroatoms. The predicted molar refractivity (Wildman–Crippen MR) is 72.7 cm³/mol. The summed E-state index contributed by atoms with van der Waals surface area (Å²) in [6, 6.07) is 8.37. The van der Waals surface area contributed by atoms with E-state index in [9.17, 15) is 4.79 Å². The number of urea groups is 1. The van der Waals surface area contributed by atoms with Crippen LogP contribution in [0.15, 0.2) is 24.3 Å². The van der Waals surface area contributed by atoms with Crippen molar-refractivity contribution in [3.63, 3.8) is 0 Å². The Morgan fingerprint density at radius 2 is 2.26 bits per heavy atom. The molecule has 2 amide bonds. The summed E-state index contributed by atoms with van der Waals surface area (Å²) in [5, 5.41) is 26.0. The van der Waals surface area contributed by atoms with E-state index >= 15 is 0 Å². The van der Waals surface area contributed by atoms with Gasteiger partial charge in [0.1, 0.15) is 0 Å². The number of nitrogens with zero attached hydrogens (tertiary/aromatic N) is 1. The minimum atomic E-state index is -0.400. The molecular weight excluding hydrogens is 244 g/mol. The third kappa shape index (κ3) is 6.41. The monoisotopic (exact) mass is 262 g/mol. The lowest BCUT2D eigenvalue weighted by atomic mass is 10.2. The highest BCUT2D eigenvalue weighted by molar-refractivity contribution is 5.89. The molecule has 0 saturated heterocycles. The average Bonchev–Trinajstić information content (AvgIpc) is 2.38. The van der Waals surface area contributed by atoms with E-state index in [1.54, 1.807) is 31.2 Å². The van der Waals surface area contributed by atoms with Gasteiger partial charge in [0.05, 0.1) is 17.7 Å². The van der Waals surface area contributed by atoms with Crippen molar-refractivity contribution in [1.29, 1.82) is 5.26 Å². The van der Waals surface area contributed by atoms with E-state index in [1.807, 2.05) is 6.07 Å². The van der Waals surface area contributed by atoms with Crippen LogP contribution in [0, 0.1) is 11.3 Å². The number of hydrogen-bond donors (Lipinski definition) is 4. The number of amides is 2. The van der Waals surface area contributed by atoms with Crippen molar-refractivity contribution < 1.29 is 9.90 Å². The van der Waals surface area contributed by atoms with Crippen molar-refractivity contribution >= 4 is 11.7 Å². The minimum absolute atomic E-state index is 0.325. The van der Waals surface area contributed by atoms with Crippen molar-refractivity contribution in [2.45, 2.75) is 13.0 Å². The topological polar surface area (TPSA) is 97.2 Å². The third-order valence-electron chi connectivity index (χ3n) is 2.28. The van der Waals surface area contributed by atoms with Gasteiger partial charge < -0.3 is 21.1 Å². The molecule has 1 aromatic rings. The molecule has 102 valence electrons. The first-order chi connectivity index (χ1) is 9.11. The molecule has 0 radical (unpaired) electrons. The summed E-state index contributed by atoms with van der Waals surface area (Å²) in [6.45, 7) is 3.22. The lowest BCUT2D eigenvalue weighted by Crippen LogP contribution is -2.36.